The molecule has 0 heterocycles. The lowest BCUT2D eigenvalue weighted by molar-refractivity contribution is -0.274. The molecule has 4 rings (SSSR count). The first kappa shape index (κ1) is 24.0. The minimum absolute atomic E-state index is 0.0184. The van der Waals surface area contributed by atoms with E-state index in [1.807, 2.05) is 0 Å². The van der Waals surface area contributed by atoms with Crippen LogP contribution in [0.15, 0.2) is 36.4 Å². The molecular formula is C25H18F8O. The molecule has 1 aliphatic rings. The highest BCUT2D eigenvalue weighted by Gasteiger charge is 2.33. The molecule has 1 aliphatic carbocycles. The van der Waals surface area contributed by atoms with Gasteiger partial charge < -0.3 is 4.74 Å². The molecule has 9 heteroatoms. The van der Waals surface area contributed by atoms with Gasteiger partial charge in [0, 0.05) is 0 Å². The van der Waals surface area contributed by atoms with Gasteiger partial charge in [-0.1, -0.05) is 31.2 Å². The largest absolute Gasteiger partial charge is 0.573 e. The molecule has 0 saturated carbocycles. The van der Waals surface area contributed by atoms with Crippen molar-refractivity contribution in [2.24, 2.45) is 0 Å². The number of ether oxygens (including phenoxy) is 1. The van der Waals surface area contributed by atoms with E-state index in [1.165, 1.54) is 12.1 Å². The van der Waals surface area contributed by atoms with Gasteiger partial charge in [-0.3, -0.25) is 0 Å². The van der Waals surface area contributed by atoms with Crippen LogP contribution in [-0.4, -0.2) is 6.36 Å². The highest BCUT2D eigenvalue weighted by atomic mass is 19.4. The molecule has 0 aliphatic heterocycles. The van der Waals surface area contributed by atoms with Crippen molar-refractivity contribution in [2.75, 3.05) is 0 Å². The van der Waals surface area contributed by atoms with E-state index in [1.54, 1.807) is 6.92 Å². The van der Waals surface area contributed by atoms with Crippen molar-refractivity contribution in [3.05, 3.63) is 87.7 Å². The smallest absolute Gasteiger partial charge is 0.406 e. The monoisotopic (exact) mass is 486 g/mol. The molecule has 3 aromatic carbocycles. The van der Waals surface area contributed by atoms with Crippen molar-refractivity contribution in [3.63, 3.8) is 0 Å². The minimum Gasteiger partial charge on any atom is -0.406 e. The fraction of sp³-hybridized carbons (Fsp3) is 0.280. The summed E-state index contributed by atoms with van der Waals surface area (Å²) in [5.41, 5.74) is -1.02. The lowest BCUT2D eigenvalue weighted by atomic mass is 9.78. The molecule has 0 saturated heterocycles. The Morgan fingerprint density at radius 3 is 2.09 bits per heavy atom. The number of fused-ring (bicyclic) bond motifs is 1. The third kappa shape index (κ3) is 4.35. The molecule has 0 aromatic heterocycles. The molecule has 0 bridgehead atoms. The molecule has 1 nitrogen and oxygen atoms in total. The summed E-state index contributed by atoms with van der Waals surface area (Å²) >= 11 is 0. The summed E-state index contributed by atoms with van der Waals surface area (Å²) in [7, 11) is 0. The third-order valence-electron chi connectivity index (χ3n) is 6.11. The highest BCUT2D eigenvalue weighted by Crippen LogP contribution is 2.41. The summed E-state index contributed by atoms with van der Waals surface area (Å²) in [6.07, 6.45) is -4.76. The second-order valence-corrected chi connectivity index (χ2v) is 8.08. The predicted molar refractivity (Wildman–Crippen MR) is 109 cm³/mol. The first-order valence-electron chi connectivity index (χ1n) is 10.5. The zero-order chi connectivity index (χ0) is 24.8. The van der Waals surface area contributed by atoms with Crippen molar-refractivity contribution in [2.45, 2.75) is 44.9 Å². The summed E-state index contributed by atoms with van der Waals surface area (Å²) in [5, 5.41) is 0. The minimum atomic E-state index is -4.94. The molecule has 3 aromatic rings. The molecule has 0 radical (unpaired) electrons. The maximum Gasteiger partial charge on any atom is 0.573 e. The van der Waals surface area contributed by atoms with Crippen molar-refractivity contribution in [1.82, 2.24) is 0 Å². The quantitative estimate of drug-likeness (QED) is 0.270. The van der Waals surface area contributed by atoms with Gasteiger partial charge in [0.25, 0.3) is 0 Å². The number of rotatable bonds is 4. The van der Waals surface area contributed by atoms with Crippen LogP contribution in [0.3, 0.4) is 0 Å². The van der Waals surface area contributed by atoms with Crippen molar-refractivity contribution >= 4 is 0 Å². The van der Waals surface area contributed by atoms with Gasteiger partial charge in [-0.15, -0.1) is 13.2 Å². The Balaban J connectivity index is 1.70. The summed E-state index contributed by atoms with van der Waals surface area (Å²) in [4.78, 5) is 0. The SMILES string of the molecule is CCc1ccc(C2CCc3c(F)c(-c4ccc(OC(F)(F)F)cc4)c(F)c(F)c3C2)c(F)c1F. The molecule has 180 valence electrons. The van der Waals surface area contributed by atoms with Crippen LogP contribution in [0, 0.1) is 29.1 Å². The Kier molecular flexibility index (Phi) is 6.31. The van der Waals surface area contributed by atoms with Crippen molar-refractivity contribution in [1.29, 1.82) is 0 Å². The Morgan fingerprint density at radius 2 is 1.47 bits per heavy atom. The van der Waals surface area contributed by atoms with Gasteiger partial charge >= 0.3 is 6.36 Å². The van der Waals surface area contributed by atoms with Crippen molar-refractivity contribution < 1.29 is 39.9 Å². The Hall–Kier alpha value is -3.10. The summed E-state index contributed by atoms with van der Waals surface area (Å²) < 4.78 is 115. The van der Waals surface area contributed by atoms with Crippen LogP contribution in [0.5, 0.6) is 5.75 Å². The van der Waals surface area contributed by atoms with Crippen LogP contribution in [0.1, 0.15) is 41.5 Å². The van der Waals surface area contributed by atoms with Gasteiger partial charge in [0.15, 0.2) is 23.3 Å². The third-order valence-corrected chi connectivity index (χ3v) is 6.11. The molecule has 1 unspecified atom stereocenters. The zero-order valence-corrected chi connectivity index (χ0v) is 17.8. The summed E-state index contributed by atoms with van der Waals surface area (Å²) in [6, 6.07) is 6.58. The van der Waals surface area contributed by atoms with Gasteiger partial charge in [-0.05, 0) is 71.6 Å². The number of aryl methyl sites for hydroxylation is 1. The van der Waals surface area contributed by atoms with Crippen LogP contribution < -0.4 is 4.74 Å². The molecule has 0 spiro atoms. The molecule has 0 fully saturated rings. The number of hydrogen-bond donors (Lipinski definition) is 0. The lowest BCUT2D eigenvalue weighted by Crippen LogP contribution is -2.19. The van der Waals surface area contributed by atoms with Crippen molar-refractivity contribution in [3.8, 4) is 16.9 Å². The molecule has 0 amide bonds. The van der Waals surface area contributed by atoms with E-state index in [-0.39, 0.29) is 53.5 Å². The predicted octanol–water partition coefficient (Wildman–Crippen LogP) is 7.78. The fourth-order valence-corrected chi connectivity index (χ4v) is 4.43. The molecule has 1 atom stereocenters. The first-order chi connectivity index (χ1) is 16.0. The Bertz CT molecular complexity index is 1230. The van der Waals surface area contributed by atoms with E-state index in [9.17, 15) is 26.3 Å². The molecule has 0 N–H and O–H groups in total. The van der Waals surface area contributed by atoms with Crippen LogP contribution in [0.4, 0.5) is 35.1 Å². The average molecular weight is 486 g/mol. The summed E-state index contributed by atoms with van der Waals surface area (Å²) in [5.74, 6) is -7.17. The number of hydrogen-bond acceptors (Lipinski definition) is 1. The van der Waals surface area contributed by atoms with Gasteiger partial charge in [-0.25, -0.2) is 22.0 Å². The number of benzene rings is 3. The maximum atomic E-state index is 15.3. The van der Waals surface area contributed by atoms with Crippen LogP contribution in [0.2, 0.25) is 0 Å². The van der Waals surface area contributed by atoms with E-state index < -0.39 is 52.7 Å². The normalized spacial score (nSPS) is 15.9. The Morgan fingerprint density at radius 1 is 0.794 bits per heavy atom. The van der Waals surface area contributed by atoms with Gasteiger partial charge in [-0.2, -0.15) is 0 Å². The van der Waals surface area contributed by atoms with E-state index in [0.29, 0.717) is 0 Å². The van der Waals surface area contributed by atoms with E-state index in [0.717, 1.165) is 24.3 Å². The van der Waals surface area contributed by atoms with Gasteiger partial charge in [0.2, 0.25) is 0 Å². The number of alkyl halides is 3. The summed E-state index contributed by atoms with van der Waals surface area (Å²) in [6.45, 7) is 1.67. The lowest BCUT2D eigenvalue weighted by Gasteiger charge is -2.27. The van der Waals surface area contributed by atoms with E-state index >= 15 is 8.78 Å². The second-order valence-electron chi connectivity index (χ2n) is 8.08. The highest BCUT2D eigenvalue weighted by molar-refractivity contribution is 5.68. The molecule has 34 heavy (non-hydrogen) atoms. The zero-order valence-electron chi connectivity index (χ0n) is 17.8. The fourth-order valence-electron chi connectivity index (χ4n) is 4.43. The van der Waals surface area contributed by atoms with E-state index in [2.05, 4.69) is 4.74 Å². The van der Waals surface area contributed by atoms with Crippen LogP contribution in [-0.2, 0) is 19.3 Å². The molecular weight excluding hydrogens is 468 g/mol. The second kappa shape index (κ2) is 8.92. The van der Waals surface area contributed by atoms with Crippen LogP contribution >= 0.6 is 0 Å². The first-order valence-corrected chi connectivity index (χ1v) is 10.5. The number of halogens is 8. The van der Waals surface area contributed by atoms with Gasteiger partial charge in [0.05, 0.1) is 5.56 Å². The Labute approximate surface area is 190 Å². The van der Waals surface area contributed by atoms with Crippen LogP contribution in [0.25, 0.3) is 11.1 Å². The average Bonchev–Trinajstić information content (AvgIpc) is 2.79. The topological polar surface area (TPSA) is 9.23 Å². The van der Waals surface area contributed by atoms with Gasteiger partial charge in [0.1, 0.15) is 11.6 Å². The maximum absolute atomic E-state index is 15.3. The standard InChI is InChI=1S/C25H18F8O/c1-2-12-5-9-16(22(28)20(12)26)14-6-10-17-18(11-14)23(29)24(30)19(21(17)27)13-3-7-15(8-4-13)34-25(31,32)33/h3-5,7-9,14H,2,6,10-11H2,1H3. The van der Waals surface area contributed by atoms with E-state index in [4.69, 9.17) is 0 Å².